The number of aryl methyl sites for hydroxylation is 1. The molecule has 1 aliphatic rings. The minimum atomic E-state index is -0.340. The molecular weight excluding hydrogens is 326 g/mol. The van der Waals surface area contributed by atoms with Crippen LogP contribution in [0.2, 0.25) is 5.02 Å². The Morgan fingerprint density at radius 3 is 2.79 bits per heavy atom. The van der Waals surface area contributed by atoms with Gasteiger partial charge in [-0.3, -0.25) is 14.7 Å². The van der Waals surface area contributed by atoms with Crippen molar-refractivity contribution in [3.63, 3.8) is 0 Å². The number of nitrogens with one attached hydrogen (secondary N) is 1. The van der Waals surface area contributed by atoms with E-state index in [4.69, 9.17) is 11.6 Å². The van der Waals surface area contributed by atoms with Crippen molar-refractivity contribution in [2.75, 3.05) is 31.1 Å². The SMILES string of the molecule is CCc1ncccc1[C@H](C)N1CCN(c2cn[nH]c(=O)c2Cl)CC1. The number of nitrogens with zero attached hydrogens (tertiary/aromatic N) is 4. The molecule has 0 radical (unpaired) electrons. The van der Waals surface area contributed by atoms with Crippen LogP contribution in [0.4, 0.5) is 5.69 Å². The molecule has 0 bridgehead atoms. The summed E-state index contributed by atoms with van der Waals surface area (Å²) in [5.41, 5.74) is 2.83. The third kappa shape index (κ3) is 3.30. The summed E-state index contributed by atoms with van der Waals surface area (Å²) < 4.78 is 0. The summed E-state index contributed by atoms with van der Waals surface area (Å²) in [5, 5.41) is 6.43. The molecule has 0 amide bonds. The normalized spacial score (nSPS) is 17.0. The van der Waals surface area contributed by atoms with E-state index in [2.05, 4.69) is 44.9 Å². The van der Waals surface area contributed by atoms with Gasteiger partial charge in [0.25, 0.3) is 5.56 Å². The average Bonchev–Trinajstić information content (AvgIpc) is 2.63. The highest BCUT2D eigenvalue weighted by molar-refractivity contribution is 6.32. The van der Waals surface area contributed by atoms with Crippen LogP contribution in [0, 0.1) is 0 Å². The summed E-state index contributed by atoms with van der Waals surface area (Å²) >= 11 is 6.11. The third-order valence-corrected chi connectivity index (χ3v) is 5.06. The van der Waals surface area contributed by atoms with E-state index in [0.29, 0.717) is 11.7 Å². The molecule has 0 saturated carbocycles. The monoisotopic (exact) mass is 347 g/mol. The van der Waals surface area contributed by atoms with Gasteiger partial charge >= 0.3 is 0 Å². The van der Waals surface area contributed by atoms with Gasteiger partial charge in [-0.25, -0.2) is 5.10 Å². The molecule has 1 saturated heterocycles. The number of aromatic amines is 1. The van der Waals surface area contributed by atoms with E-state index in [1.807, 2.05) is 12.3 Å². The zero-order valence-electron chi connectivity index (χ0n) is 14.0. The molecule has 0 aliphatic carbocycles. The van der Waals surface area contributed by atoms with E-state index in [-0.39, 0.29) is 10.6 Å². The van der Waals surface area contributed by atoms with Crippen molar-refractivity contribution in [1.29, 1.82) is 0 Å². The van der Waals surface area contributed by atoms with Crippen molar-refractivity contribution in [1.82, 2.24) is 20.1 Å². The molecule has 0 unspecified atom stereocenters. The quantitative estimate of drug-likeness (QED) is 0.919. The lowest BCUT2D eigenvalue weighted by molar-refractivity contribution is 0.197. The second-order valence-electron chi connectivity index (χ2n) is 5.99. The summed E-state index contributed by atoms with van der Waals surface area (Å²) in [6.45, 7) is 7.81. The molecule has 3 heterocycles. The standard InChI is InChI=1S/C17H22ClN5O/c1-3-14-13(5-4-6-19-14)12(2)22-7-9-23(10-8-22)15-11-20-21-17(24)16(15)18/h4-6,11-12H,3,7-10H2,1-2H3,(H,21,24)/t12-/m0/s1. The van der Waals surface area contributed by atoms with E-state index < -0.39 is 0 Å². The minimum Gasteiger partial charge on any atom is -0.366 e. The minimum absolute atomic E-state index is 0.215. The van der Waals surface area contributed by atoms with Crippen molar-refractivity contribution in [3.05, 3.63) is 51.2 Å². The maximum atomic E-state index is 11.6. The Bertz CT molecular complexity index is 755. The number of aromatic nitrogens is 3. The number of halogens is 1. The first-order chi connectivity index (χ1) is 11.6. The number of rotatable bonds is 4. The van der Waals surface area contributed by atoms with Gasteiger partial charge in [-0.05, 0) is 25.0 Å². The van der Waals surface area contributed by atoms with Gasteiger partial charge in [0.05, 0.1) is 11.9 Å². The molecule has 128 valence electrons. The van der Waals surface area contributed by atoms with E-state index in [1.54, 1.807) is 6.20 Å². The number of piperazine rings is 1. The van der Waals surface area contributed by atoms with Crippen molar-refractivity contribution >= 4 is 17.3 Å². The highest BCUT2D eigenvalue weighted by Crippen LogP contribution is 2.27. The predicted octanol–water partition coefficient (Wildman–Crippen LogP) is 2.26. The molecule has 2 aromatic heterocycles. The summed E-state index contributed by atoms with van der Waals surface area (Å²) in [6, 6.07) is 4.49. The fourth-order valence-electron chi connectivity index (χ4n) is 3.27. The number of pyridine rings is 1. The van der Waals surface area contributed by atoms with Crippen molar-refractivity contribution in [2.45, 2.75) is 26.3 Å². The van der Waals surface area contributed by atoms with Crippen LogP contribution in [0.15, 0.2) is 29.3 Å². The number of anilines is 1. The maximum Gasteiger partial charge on any atom is 0.285 e. The van der Waals surface area contributed by atoms with Crippen molar-refractivity contribution in [2.24, 2.45) is 0 Å². The van der Waals surface area contributed by atoms with E-state index in [1.165, 1.54) is 5.56 Å². The van der Waals surface area contributed by atoms with Crippen LogP contribution in [0.5, 0.6) is 0 Å². The summed E-state index contributed by atoms with van der Waals surface area (Å²) in [5.74, 6) is 0. The van der Waals surface area contributed by atoms with Crippen LogP contribution in [0.25, 0.3) is 0 Å². The van der Waals surface area contributed by atoms with Crippen LogP contribution in [-0.2, 0) is 6.42 Å². The van der Waals surface area contributed by atoms with Crippen LogP contribution >= 0.6 is 11.6 Å². The largest absolute Gasteiger partial charge is 0.366 e. The van der Waals surface area contributed by atoms with Crippen LogP contribution in [0.3, 0.4) is 0 Å². The van der Waals surface area contributed by atoms with Gasteiger partial charge in [0, 0.05) is 44.1 Å². The maximum absolute atomic E-state index is 11.6. The van der Waals surface area contributed by atoms with Crippen LogP contribution in [-0.4, -0.2) is 46.3 Å². The molecular formula is C17H22ClN5O. The highest BCUT2D eigenvalue weighted by atomic mass is 35.5. The van der Waals surface area contributed by atoms with Gasteiger partial charge in [-0.1, -0.05) is 24.6 Å². The zero-order valence-corrected chi connectivity index (χ0v) is 14.8. The predicted molar refractivity (Wildman–Crippen MR) is 95.7 cm³/mol. The molecule has 0 aromatic carbocycles. The fraction of sp³-hybridized carbons (Fsp3) is 0.471. The summed E-state index contributed by atoms with van der Waals surface area (Å²) in [7, 11) is 0. The average molecular weight is 348 g/mol. The first kappa shape index (κ1) is 16.9. The Hall–Kier alpha value is -1.92. The molecule has 3 rings (SSSR count). The van der Waals surface area contributed by atoms with Crippen LogP contribution in [0.1, 0.15) is 31.1 Å². The fourth-order valence-corrected chi connectivity index (χ4v) is 3.48. The van der Waals surface area contributed by atoms with Gasteiger partial charge in [-0.2, -0.15) is 5.10 Å². The first-order valence-corrected chi connectivity index (χ1v) is 8.65. The van der Waals surface area contributed by atoms with Crippen LogP contribution < -0.4 is 10.5 Å². The van der Waals surface area contributed by atoms with Gasteiger partial charge in [0.1, 0.15) is 5.02 Å². The van der Waals surface area contributed by atoms with Gasteiger partial charge in [-0.15, -0.1) is 0 Å². The Morgan fingerprint density at radius 2 is 2.08 bits per heavy atom. The van der Waals surface area contributed by atoms with E-state index in [9.17, 15) is 4.79 Å². The summed E-state index contributed by atoms with van der Waals surface area (Å²) in [4.78, 5) is 20.7. The second-order valence-corrected chi connectivity index (χ2v) is 6.37. The first-order valence-electron chi connectivity index (χ1n) is 8.27. The number of hydrogen-bond donors (Lipinski definition) is 1. The molecule has 1 atom stereocenters. The molecule has 1 N–H and O–H groups in total. The Labute approximate surface area is 146 Å². The van der Waals surface area contributed by atoms with Gasteiger partial charge in [0.2, 0.25) is 0 Å². The molecule has 24 heavy (non-hydrogen) atoms. The lowest BCUT2D eigenvalue weighted by Crippen LogP contribution is -2.47. The molecule has 1 fully saturated rings. The van der Waals surface area contributed by atoms with E-state index in [0.717, 1.165) is 38.3 Å². The van der Waals surface area contributed by atoms with Crippen molar-refractivity contribution in [3.8, 4) is 0 Å². The molecule has 7 heteroatoms. The Morgan fingerprint density at radius 1 is 1.33 bits per heavy atom. The third-order valence-electron chi connectivity index (χ3n) is 4.69. The zero-order chi connectivity index (χ0) is 17.1. The van der Waals surface area contributed by atoms with Crippen molar-refractivity contribution < 1.29 is 0 Å². The highest BCUT2D eigenvalue weighted by Gasteiger charge is 2.25. The lowest BCUT2D eigenvalue weighted by Gasteiger charge is -2.39. The van der Waals surface area contributed by atoms with E-state index >= 15 is 0 Å². The molecule has 6 nitrogen and oxygen atoms in total. The summed E-state index contributed by atoms with van der Waals surface area (Å²) in [6.07, 6.45) is 4.42. The Balaban J connectivity index is 1.71. The lowest BCUT2D eigenvalue weighted by atomic mass is 10.0. The topological polar surface area (TPSA) is 65.1 Å². The Kier molecular flexibility index (Phi) is 5.16. The number of hydrogen-bond acceptors (Lipinski definition) is 5. The van der Waals surface area contributed by atoms with Gasteiger partial charge < -0.3 is 4.90 Å². The number of H-pyrrole nitrogens is 1. The smallest absolute Gasteiger partial charge is 0.285 e. The molecule has 2 aromatic rings. The van der Waals surface area contributed by atoms with Gasteiger partial charge in [0.15, 0.2) is 0 Å². The second kappa shape index (κ2) is 7.32. The molecule has 1 aliphatic heterocycles. The molecule has 0 spiro atoms.